The zero-order chi connectivity index (χ0) is 26.8. The van der Waals surface area contributed by atoms with Crippen LogP contribution in [-0.2, 0) is 20.4 Å². The van der Waals surface area contributed by atoms with Gasteiger partial charge in [0.2, 0.25) is 5.91 Å². The molecule has 8 nitrogen and oxygen atoms in total. The van der Waals surface area contributed by atoms with E-state index in [0.29, 0.717) is 0 Å². The van der Waals surface area contributed by atoms with Crippen LogP contribution in [0, 0.1) is 11.3 Å². The summed E-state index contributed by atoms with van der Waals surface area (Å²) < 4.78 is 55.6. The summed E-state index contributed by atoms with van der Waals surface area (Å²) in [6, 6.07) is 21.5. The normalized spacial score (nSPS) is 11.8. The highest BCUT2D eigenvalue weighted by Crippen LogP contribution is 2.23. The zero-order valence-electron chi connectivity index (χ0n) is 19.4. The van der Waals surface area contributed by atoms with Crippen LogP contribution in [0.5, 0.6) is 5.75 Å². The molecule has 0 heterocycles. The van der Waals surface area contributed by atoms with Gasteiger partial charge >= 0.3 is 6.61 Å². The minimum absolute atomic E-state index is 0.0261. The van der Waals surface area contributed by atoms with Gasteiger partial charge in [-0.3, -0.25) is 9.59 Å². The Hall–Kier alpha value is -4.30. The molecular formula is C26H23F2N3O5S. The second-order valence-electron chi connectivity index (χ2n) is 7.89. The van der Waals surface area contributed by atoms with Gasteiger partial charge in [0.1, 0.15) is 18.3 Å². The van der Waals surface area contributed by atoms with Gasteiger partial charge in [0, 0.05) is 11.1 Å². The summed E-state index contributed by atoms with van der Waals surface area (Å²) >= 11 is 0. The number of nitriles is 1. The summed E-state index contributed by atoms with van der Waals surface area (Å²) in [7, 11) is -4.12. The number of halogens is 2. The predicted octanol–water partition coefficient (Wildman–Crippen LogP) is 3.31. The van der Waals surface area contributed by atoms with Gasteiger partial charge in [-0.2, -0.15) is 14.0 Å². The smallest absolute Gasteiger partial charge is 0.387 e. The molecule has 0 radical (unpaired) electrons. The van der Waals surface area contributed by atoms with Crippen molar-refractivity contribution in [3.05, 3.63) is 90.0 Å². The second kappa shape index (κ2) is 12.6. The van der Waals surface area contributed by atoms with Crippen LogP contribution >= 0.6 is 0 Å². The maximum atomic E-state index is 12.9. The molecule has 0 aliphatic heterocycles. The number of carbonyl (C=O) groups excluding carboxylic acids is 2. The van der Waals surface area contributed by atoms with E-state index in [9.17, 15) is 26.8 Å². The highest BCUT2D eigenvalue weighted by molar-refractivity contribution is 7.90. The summed E-state index contributed by atoms with van der Waals surface area (Å²) in [6.45, 7) is -3.55. The van der Waals surface area contributed by atoms with E-state index in [4.69, 9.17) is 5.26 Å². The van der Waals surface area contributed by atoms with Crippen LogP contribution in [0.2, 0.25) is 0 Å². The molecule has 192 valence electrons. The Bertz CT molecular complexity index is 1380. The van der Waals surface area contributed by atoms with E-state index in [0.717, 1.165) is 11.1 Å². The van der Waals surface area contributed by atoms with Crippen LogP contribution in [0.15, 0.2) is 78.9 Å². The van der Waals surface area contributed by atoms with Gasteiger partial charge in [-0.1, -0.05) is 60.7 Å². The van der Waals surface area contributed by atoms with Crippen LogP contribution in [0.3, 0.4) is 0 Å². The average molecular weight is 528 g/mol. The van der Waals surface area contributed by atoms with Gasteiger partial charge in [0.15, 0.2) is 9.84 Å². The van der Waals surface area contributed by atoms with E-state index in [-0.39, 0.29) is 16.9 Å². The minimum atomic E-state index is -4.12. The quantitative estimate of drug-likeness (QED) is 0.369. The molecule has 3 aromatic rings. The first-order valence-electron chi connectivity index (χ1n) is 11.0. The Kier molecular flexibility index (Phi) is 9.29. The zero-order valence-corrected chi connectivity index (χ0v) is 20.3. The number of alkyl halides is 2. The molecule has 1 atom stereocenters. The Balaban J connectivity index is 1.77. The third kappa shape index (κ3) is 8.12. The van der Waals surface area contributed by atoms with E-state index in [1.165, 1.54) is 36.4 Å². The second-order valence-corrected chi connectivity index (χ2v) is 10.00. The summed E-state index contributed by atoms with van der Waals surface area (Å²) in [5.74, 6) is -3.43. The largest absolute Gasteiger partial charge is 0.435 e. The fraction of sp³-hybridized carbons (Fsp3) is 0.192. The molecule has 0 aliphatic rings. The van der Waals surface area contributed by atoms with Crippen molar-refractivity contribution in [1.82, 2.24) is 10.6 Å². The molecule has 0 saturated heterocycles. The maximum Gasteiger partial charge on any atom is 0.387 e. The average Bonchev–Trinajstić information content (AvgIpc) is 2.88. The Morgan fingerprint density at radius 2 is 1.54 bits per heavy atom. The van der Waals surface area contributed by atoms with Gasteiger partial charge in [-0.15, -0.1) is 0 Å². The van der Waals surface area contributed by atoms with Crippen LogP contribution in [0.1, 0.15) is 15.9 Å². The molecule has 0 aliphatic carbocycles. The summed E-state index contributed by atoms with van der Waals surface area (Å²) in [5, 5.41) is 13.4. The summed E-state index contributed by atoms with van der Waals surface area (Å²) in [6.07, 6.45) is 0. The molecule has 0 fully saturated rings. The molecule has 0 spiro atoms. The van der Waals surface area contributed by atoms with E-state index in [1.54, 1.807) is 18.2 Å². The first-order valence-corrected chi connectivity index (χ1v) is 12.8. The lowest BCUT2D eigenvalue weighted by molar-refractivity contribution is -0.122. The molecular weight excluding hydrogens is 504 g/mol. The SMILES string of the molecule is N#CCNC(=O)[C@H](CS(=O)(=O)Cc1ccccc1OC(F)F)NC(=O)c1ccc(-c2ccccc2)cc1. The monoisotopic (exact) mass is 527 g/mol. The summed E-state index contributed by atoms with van der Waals surface area (Å²) in [5.41, 5.74) is 1.95. The number of nitrogens with one attached hydrogen (secondary N) is 2. The third-order valence-electron chi connectivity index (χ3n) is 5.20. The molecule has 37 heavy (non-hydrogen) atoms. The highest BCUT2D eigenvalue weighted by atomic mass is 32.2. The number of ether oxygens (including phenoxy) is 1. The van der Waals surface area contributed by atoms with Gasteiger partial charge < -0.3 is 15.4 Å². The lowest BCUT2D eigenvalue weighted by Crippen LogP contribution is -2.50. The number of carbonyl (C=O) groups is 2. The lowest BCUT2D eigenvalue weighted by Gasteiger charge is -2.19. The highest BCUT2D eigenvalue weighted by Gasteiger charge is 2.28. The van der Waals surface area contributed by atoms with Crippen molar-refractivity contribution >= 4 is 21.7 Å². The van der Waals surface area contributed by atoms with Crippen molar-refractivity contribution in [2.45, 2.75) is 18.4 Å². The van der Waals surface area contributed by atoms with Crippen molar-refractivity contribution in [3.63, 3.8) is 0 Å². The number of nitrogens with zero attached hydrogens (tertiary/aromatic N) is 1. The molecule has 0 unspecified atom stereocenters. The van der Waals surface area contributed by atoms with Gasteiger partial charge in [-0.25, -0.2) is 8.42 Å². The fourth-order valence-electron chi connectivity index (χ4n) is 3.50. The van der Waals surface area contributed by atoms with Gasteiger partial charge in [0.25, 0.3) is 5.91 Å². The van der Waals surface area contributed by atoms with Crippen molar-refractivity contribution in [1.29, 1.82) is 5.26 Å². The van der Waals surface area contributed by atoms with Crippen molar-refractivity contribution in [2.24, 2.45) is 0 Å². The van der Waals surface area contributed by atoms with Crippen molar-refractivity contribution in [3.8, 4) is 22.9 Å². The van der Waals surface area contributed by atoms with Gasteiger partial charge in [0.05, 0.1) is 17.6 Å². The van der Waals surface area contributed by atoms with E-state index in [2.05, 4.69) is 15.4 Å². The van der Waals surface area contributed by atoms with Crippen LogP contribution < -0.4 is 15.4 Å². The number of sulfone groups is 1. The molecule has 0 bridgehead atoms. The number of para-hydroxylation sites is 1. The first-order chi connectivity index (χ1) is 17.7. The Morgan fingerprint density at radius 3 is 2.19 bits per heavy atom. The van der Waals surface area contributed by atoms with Crippen LogP contribution in [0.25, 0.3) is 11.1 Å². The molecule has 11 heteroatoms. The predicted molar refractivity (Wildman–Crippen MR) is 132 cm³/mol. The van der Waals surface area contributed by atoms with E-state index < -0.39 is 52.4 Å². The number of hydrogen-bond donors (Lipinski definition) is 2. The minimum Gasteiger partial charge on any atom is -0.435 e. The van der Waals surface area contributed by atoms with Crippen molar-refractivity contribution in [2.75, 3.05) is 12.3 Å². The number of hydrogen-bond acceptors (Lipinski definition) is 6. The summed E-state index contributed by atoms with van der Waals surface area (Å²) in [4.78, 5) is 25.4. The first kappa shape index (κ1) is 27.3. The fourth-order valence-corrected chi connectivity index (χ4v) is 5.08. The number of rotatable bonds is 11. The van der Waals surface area contributed by atoms with E-state index in [1.807, 2.05) is 30.3 Å². The Morgan fingerprint density at radius 1 is 0.919 bits per heavy atom. The molecule has 3 aromatic carbocycles. The molecule has 3 rings (SSSR count). The van der Waals surface area contributed by atoms with Crippen LogP contribution in [-0.4, -0.2) is 45.2 Å². The molecule has 2 N–H and O–H groups in total. The third-order valence-corrected chi connectivity index (χ3v) is 6.79. The van der Waals surface area contributed by atoms with Crippen molar-refractivity contribution < 1.29 is 31.5 Å². The standard InChI is InChI=1S/C26H23F2N3O5S/c27-26(28)36-23-9-5-4-8-21(23)16-37(34,35)17-22(25(33)30-15-14-29)31-24(32)20-12-10-19(11-13-20)18-6-2-1-3-7-18/h1-13,22,26H,15-17H2,(H,30,33)(H,31,32)/t22-/m0/s1. The van der Waals surface area contributed by atoms with Crippen LogP contribution in [0.4, 0.5) is 8.78 Å². The molecule has 2 amide bonds. The number of benzene rings is 3. The number of amides is 2. The maximum absolute atomic E-state index is 12.9. The van der Waals surface area contributed by atoms with Gasteiger partial charge in [-0.05, 0) is 29.3 Å². The molecule has 0 saturated carbocycles. The molecule has 0 aromatic heterocycles. The lowest BCUT2D eigenvalue weighted by atomic mass is 10.0. The van der Waals surface area contributed by atoms with E-state index >= 15 is 0 Å². The Labute approximate surface area is 212 Å². The topological polar surface area (TPSA) is 125 Å².